The minimum absolute atomic E-state index is 0.0187. The van der Waals surface area contributed by atoms with Crippen LogP contribution in [0.3, 0.4) is 0 Å². The normalized spacial score (nSPS) is 21.8. The molecule has 0 aliphatic carbocycles. The molecule has 6 atom stereocenters. The van der Waals surface area contributed by atoms with Gasteiger partial charge >= 0.3 is 0 Å². The molecule has 5 N–H and O–H groups in total. The monoisotopic (exact) mass is 678 g/mol. The van der Waals surface area contributed by atoms with E-state index in [1.165, 1.54) is 114 Å². The van der Waals surface area contributed by atoms with Gasteiger partial charge in [0.15, 0.2) is 6.29 Å². The molecular weight excluding hydrogens is 606 g/mol. The Bertz CT molecular complexity index is 911. The van der Waals surface area contributed by atoms with Gasteiger partial charge in [-0.05, 0) is 43.2 Å². The van der Waals surface area contributed by atoms with Gasteiger partial charge in [-0.3, -0.25) is 4.79 Å². The van der Waals surface area contributed by atoms with Crippen LogP contribution in [0.5, 0.6) is 0 Å². The van der Waals surface area contributed by atoms with Crippen LogP contribution in [0.4, 0.5) is 0 Å². The number of amides is 1. The maximum atomic E-state index is 12.9. The number of aryl methyl sites for hydroxylation is 2. The van der Waals surface area contributed by atoms with Crippen LogP contribution in [0, 0.1) is 0 Å². The number of aliphatic hydroxyl groups is 4. The van der Waals surface area contributed by atoms with E-state index in [-0.39, 0.29) is 18.6 Å². The summed E-state index contributed by atoms with van der Waals surface area (Å²) in [7, 11) is 0. The average molecular weight is 678 g/mol. The van der Waals surface area contributed by atoms with Gasteiger partial charge in [0.2, 0.25) is 5.91 Å². The number of ether oxygens (including phenoxy) is 2. The highest BCUT2D eigenvalue weighted by Gasteiger charge is 2.44. The molecule has 278 valence electrons. The molecule has 2 rings (SSSR count). The van der Waals surface area contributed by atoms with Crippen molar-refractivity contribution in [1.29, 1.82) is 0 Å². The van der Waals surface area contributed by atoms with Crippen LogP contribution in [0.1, 0.15) is 160 Å². The number of aliphatic hydroxyl groups excluding tert-OH is 4. The van der Waals surface area contributed by atoms with Crippen molar-refractivity contribution >= 4 is 5.91 Å². The van der Waals surface area contributed by atoms with Gasteiger partial charge in [0.25, 0.3) is 0 Å². The second kappa shape index (κ2) is 27.2. The number of unbranched alkanes of at least 4 members (excludes halogenated alkanes) is 17. The third-order valence-electron chi connectivity index (χ3n) is 9.81. The summed E-state index contributed by atoms with van der Waals surface area (Å²) in [5.74, 6) is -0.0187. The zero-order chi connectivity index (χ0) is 34.8. The van der Waals surface area contributed by atoms with Crippen LogP contribution in [-0.2, 0) is 27.1 Å². The summed E-state index contributed by atoms with van der Waals surface area (Å²) >= 11 is 0. The number of benzene rings is 1. The van der Waals surface area contributed by atoms with E-state index in [9.17, 15) is 25.2 Å². The molecule has 1 aliphatic rings. The molecule has 48 heavy (non-hydrogen) atoms. The van der Waals surface area contributed by atoms with Crippen LogP contribution < -0.4 is 5.32 Å². The lowest BCUT2D eigenvalue weighted by atomic mass is 9.99. The largest absolute Gasteiger partial charge is 0.394 e. The molecule has 1 fully saturated rings. The fourth-order valence-electron chi connectivity index (χ4n) is 6.54. The summed E-state index contributed by atoms with van der Waals surface area (Å²) in [5, 5.41) is 43.3. The van der Waals surface area contributed by atoms with Crippen LogP contribution in [-0.4, -0.2) is 76.3 Å². The number of nitrogens with one attached hydrogen (secondary N) is 1. The van der Waals surface area contributed by atoms with E-state index in [0.717, 1.165) is 32.1 Å². The van der Waals surface area contributed by atoms with E-state index in [1.54, 1.807) is 0 Å². The number of carbonyl (C=O) groups is 1. The Kier molecular flexibility index (Phi) is 24.2. The smallest absolute Gasteiger partial charge is 0.220 e. The molecule has 1 aromatic carbocycles. The van der Waals surface area contributed by atoms with E-state index >= 15 is 0 Å². The topological polar surface area (TPSA) is 128 Å². The van der Waals surface area contributed by atoms with E-state index < -0.39 is 37.3 Å². The van der Waals surface area contributed by atoms with E-state index in [2.05, 4.69) is 43.4 Å². The van der Waals surface area contributed by atoms with Gasteiger partial charge in [0, 0.05) is 6.42 Å². The lowest BCUT2D eigenvalue weighted by Crippen LogP contribution is -2.59. The van der Waals surface area contributed by atoms with Crippen molar-refractivity contribution in [3.8, 4) is 0 Å². The van der Waals surface area contributed by atoms with Crippen molar-refractivity contribution in [2.24, 2.45) is 0 Å². The van der Waals surface area contributed by atoms with Gasteiger partial charge in [-0.25, -0.2) is 0 Å². The quantitative estimate of drug-likeness (QED) is 0.0563. The highest BCUT2D eigenvalue weighted by Crippen LogP contribution is 2.23. The van der Waals surface area contributed by atoms with Gasteiger partial charge in [0.05, 0.1) is 19.3 Å². The maximum absolute atomic E-state index is 12.9. The van der Waals surface area contributed by atoms with E-state index in [4.69, 9.17) is 9.47 Å². The molecule has 1 heterocycles. The van der Waals surface area contributed by atoms with E-state index in [0.29, 0.717) is 12.8 Å². The molecule has 1 aliphatic heterocycles. The average Bonchev–Trinajstić information content (AvgIpc) is 3.09. The van der Waals surface area contributed by atoms with Crippen molar-refractivity contribution in [3.05, 3.63) is 35.4 Å². The Balaban J connectivity index is 1.77. The van der Waals surface area contributed by atoms with Gasteiger partial charge in [-0.15, -0.1) is 0 Å². The summed E-state index contributed by atoms with van der Waals surface area (Å²) in [6.45, 7) is 4.06. The summed E-state index contributed by atoms with van der Waals surface area (Å²) in [6, 6.07) is 8.41. The SMILES string of the molecule is CCCCCCCCCCCCCCCC(=O)NC(CCc1ccc(CCCCCCCC)cc1)CO[C@H]1O[C@H](CO)[C@@H](O)[C@H](O)[C@@H]1O. The molecule has 0 aromatic heterocycles. The summed E-state index contributed by atoms with van der Waals surface area (Å²) in [5.41, 5.74) is 2.54. The third kappa shape index (κ3) is 18.4. The highest BCUT2D eigenvalue weighted by atomic mass is 16.7. The predicted molar refractivity (Wildman–Crippen MR) is 194 cm³/mol. The van der Waals surface area contributed by atoms with Crippen molar-refractivity contribution in [1.82, 2.24) is 5.32 Å². The first-order valence-electron chi connectivity index (χ1n) is 19.7. The van der Waals surface area contributed by atoms with Gasteiger partial charge in [0.1, 0.15) is 24.4 Å². The molecular formula is C40H71NO7. The molecule has 8 heteroatoms. The molecule has 1 aromatic rings. The molecule has 0 saturated carbocycles. The van der Waals surface area contributed by atoms with Crippen molar-refractivity contribution in [2.45, 2.75) is 198 Å². The lowest BCUT2D eigenvalue weighted by molar-refractivity contribution is -0.302. The summed E-state index contributed by atoms with van der Waals surface area (Å²) < 4.78 is 11.4. The molecule has 0 spiro atoms. The molecule has 1 unspecified atom stereocenters. The standard InChI is InChI=1S/C40H71NO7/c1-3-5-7-9-11-12-13-14-15-16-17-19-21-23-36(43)41-34(31-47-40-39(46)38(45)37(44)35(30-42)48-40)29-28-33-26-24-32(25-27-33)22-20-18-10-8-6-4-2/h24-27,34-35,37-40,42,44-46H,3-23,28-31H2,1-2H3,(H,41,43)/t34?,35-,37-,38+,39+,40+/m1/s1. The second-order valence-electron chi connectivity index (χ2n) is 14.2. The van der Waals surface area contributed by atoms with Crippen LogP contribution in [0.15, 0.2) is 24.3 Å². The Morgan fingerprint density at radius 1 is 0.688 bits per heavy atom. The van der Waals surface area contributed by atoms with Crippen LogP contribution in [0.2, 0.25) is 0 Å². The van der Waals surface area contributed by atoms with Crippen molar-refractivity contribution in [3.63, 3.8) is 0 Å². The minimum atomic E-state index is -1.50. The lowest BCUT2D eigenvalue weighted by Gasteiger charge is -2.40. The Labute approximate surface area is 292 Å². The molecule has 8 nitrogen and oxygen atoms in total. The van der Waals surface area contributed by atoms with E-state index in [1.807, 2.05) is 0 Å². The first-order valence-corrected chi connectivity index (χ1v) is 19.7. The third-order valence-corrected chi connectivity index (χ3v) is 9.81. The summed E-state index contributed by atoms with van der Waals surface area (Å²) in [4.78, 5) is 12.9. The second-order valence-corrected chi connectivity index (χ2v) is 14.2. The Morgan fingerprint density at radius 3 is 1.69 bits per heavy atom. The van der Waals surface area contributed by atoms with Crippen LogP contribution >= 0.6 is 0 Å². The number of carbonyl (C=O) groups excluding carboxylic acids is 1. The molecule has 0 radical (unpaired) electrons. The van der Waals surface area contributed by atoms with Gasteiger partial charge in [-0.1, -0.05) is 147 Å². The Hall–Kier alpha value is -1.55. The minimum Gasteiger partial charge on any atom is -0.394 e. The first-order chi connectivity index (χ1) is 23.4. The Morgan fingerprint density at radius 2 is 1.17 bits per heavy atom. The van der Waals surface area contributed by atoms with Gasteiger partial charge < -0.3 is 35.2 Å². The summed E-state index contributed by atoms with van der Waals surface area (Å²) in [6.07, 6.45) is 20.3. The maximum Gasteiger partial charge on any atom is 0.220 e. The fourth-order valence-corrected chi connectivity index (χ4v) is 6.54. The van der Waals surface area contributed by atoms with Crippen LogP contribution in [0.25, 0.3) is 0 Å². The number of hydrogen-bond acceptors (Lipinski definition) is 7. The van der Waals surface area contributed by atoms with Crippen molar-refractivity contribution < 1.29 is 34.7 Å². The zero-order valence-corrected chi connectivity index (χ0v) is 30.5. The van der Waals surface area contributed by atoms with Crippen molar-refractivity contribution in [2.75, 3.05) is 13.2 Å². The zero-order valence-electron chi connectivity index (χ0n) is 30.5. The first kappa shape index (κ1) is 42.6. The van der Waals surface area contributed by atoms with Gasteiger partial charge in [-0.2, -0.15) is 0 Å². The highest BCUT2D eigenvalue weighted by molar-refractivity contribution is 5.76. The number of rotatable bonds is 29. The predicted octanol–water partition coefficient (Wildman–Crippen LogP) is 7.30. The molecule has 1 amide bonds. The molecule has 1 saturated heterocycles. The molecule has 0 bridgehead atoms. The number of hydrogen-bond donors (Lipinski definition) is 5. The fraction of sp³-hybridized carbons (Fsp3) is 0.825.